The summed E-state index contributed by atoms with van der Waals surface area (Å²) >= 11 is 4.59. The van der Waals surface area contributed by atoms with Crippen molar-refractivity contribution in [2.45, 2.75) is 18.1 Å². The first-order valence-electron chi connectivity index (χ1n) is 9.80. The lowest BCUT2D eigenvalue weighted by Gasteiger charge is -2.10. The summed E-state index contributed by atoms with van der Waals surface area (Å²) in [4.78, 5) is 24.4. The standard InChI is InChI=1S/C22H23BrN4O4S/c1-30-17-7-6-14(11-18(17)31-2)8-9-24-20(28)12-19-21(29)26-22(32-19)27-25-13-15-4-3-5-16(23)10-15/h3-7,10-11,13,19H,8-9,12H2,1-2H3,(H,24,28)(H,26,27,29)/b25-13+. The predicted octanol–water partition coefficient (Wildman–Crippen LogP) is 3.14. The average molecular weight is 519 g/mol. The minimum atomic E-state index is -0.532. The molecule has 1 heterocycles. The Kier molecular flexibility index (Phi) is 8.69. The molecule has 1 saturated heterocycles. The summed E-state index contributed by atoms with van der Waals surface area (Å²) < 4.78 is 11.5. The van der Waals surface area contributed by atoms with Crippen LogP contribution in [0.1, 0.15) is 17.5 Å². The smallest absolute Gasteiger partial charge is 0.240 e. The highest BCUT2D eigenvalue weighted by molar-refractivity contribution is 9.10. The maximum atomic E-state index is 12.3. The van der Waals surface area contributed by atoms with Crippen LogP contribution < -0.4 is 20.1 Å². The van der Waals surface area contributed by atoms with E-state index in [4.69, 9.17) is 9.47 Å². The molecule has 2 aromatic rings. The molecule has 3 rings (SSSR count). The molecule has 8 nitrogen and oxygen atoms in total. The van der Waals surface area contributed by atoms with Crippen molar-refractivity contribution in [1.29, 1.82) is 0 Å². The zero-order chi connectivity index (χ0) is 22.9. The van der Waals surface area contributed by atoms with Gasteiger partial charge >= 0.3 is 0 Å². The van der Waals surface area contributed by atoms with Crippen LogP contribution in [-0.2, 0) is 16.0 Å². The first-order chi connectivity index (χ1) is 15.5. The number of amidine groups is 1. The lowest BCUT2D eigenvalue weighted by Crippen LogP contribution is -2.32. The molecule has 1 aliphatic heterocycles. The van der Waals surface area contributed by atoms with Crippen LogP contribution in [0.4, 0.5) is 0 Å². The molecule has 2 N–H and O–H groups in total. The number of carbonyl (C=O) groups is 2. The SMILES string of the molecule is COc1ccc(CCNC(=O)CC2S/C(=N/N=C/c3cccc(Br)c3)NC2=O)cc1OC. The van der Waals surface area contributed by atoms with E-state index >= 15 is 0 Å². The molecule has 10 heteroatoms. The van der Waals surface area contributed by atoms with E-state index < -0.39 is 5.25 Å². The van der Waals surface area contributed by atoms with E-state index in [1.165, 1.54) is 11.8 Å². The monoisotopic (exact) mass is 518 g/mol. The fourth-order valence-electron chi connectivity index (χ4n) is 2.94. The largest absolute Gasteiger partial charge is 0.493 e. The number of hydrogen-bond acceptors (Lipinski definition) is 7. The molecule has 0 aromatic heterocycles. The summed E-state index contributed by atoms with van der Waals surface area (Å²) in [6.45, 7) is 0.450. The number of rotatable bonds is 9. The third kappa shape index (κ3) is 6.83. The highest BCUT2D eigenvalue weighted by atomic mass is 79.9. The second-order valence-electron chi connectivity index (χ2n) is 6.79. The van der Waals surface area contributed by atoms with E-state index in [0.717, 1.165) is 15.6 Å². The van der Waals surface area contributed by atoms with Gasteiger partial charge in [-0.2, -0.15) is 5.10 Å². The van der Waals surface area contributed by atoms with Crippen LogP contribution in [-0.4, -0.2) is 49.2 Å². The molecule has 1 fully saturated rings. The Balaban J connectivity index is 1.45. The van der Waals surface area contributed by atoms with E-state index in [2.05, 4.69) is 36.8 Å². The number of carbonyl (C=O) groups excluding carboxylic acids is 2. The maximum absolute atomic E-state index is 12.3. The predicted molar refractivity (Wildman–Crippen MR) is 130 cm³/mol. The highest BCUT2D eigenvalue weighted by Gasteiger charge is 2.32. The van der Waals surface area contributed by atoms with Gasteiger partial charge in [0.15, 0.2) is 16.7 Å². The number of halogens is 1. The molecule has 0 spiro atoms. The Morgan fingerprint density at radius 2 is 2.03 bits per heavy atom. The summed E-state index contributed by atoms with van der Waals surface area (Å²) in [7, 11) is 3.16. The molecule has 1 unspecified atom stereocenters. The van der Waals surface area contributed by atoms with Gasteiger partial charge in [0.2, 0.25) is 11.8 Å². The lowest BCUT2D eigenvalue weighted by molar-refractivity contribution is -0.125. The normalized spacial score (nSPS) is 16.9. The molecule has 0 aliphatic carbocycles. The first-order valence-corrected chi connectivity index (χ1v) is 11.5. The summed E-state index contributed by atoms with van der Waals surface area (Å²) in [6.07, 6.45) is 2.29. The Morgan fingerprint density at radius 1 is 1.22 bits per heavy atom. The number of nitrogens with zero attached hydrogens (tertiary/aromatic N) is 2. The topological polar surface area (TPSA) is 101 Å². The van der Waals surface area contributed by atoms with Gasteiger partial charge in [0.1, 0.15) is 5.25 Å². The van der Waals surface area contributed by atoms with Gasteiger partial charge in [0, 0.05) is 17.4 Å². The zero-order valence-corrected chi connectivity index (χ0v) is 20.0. The Morgan fingerprint density at radius 3 is 2.78 bits per heavy atom. The number of benzene rings is 2. The van der Waals surface area contributed by atoms with Crippen molar-refractivity contribution in [2.75, 3.05) is 20.8 Å². The minimum absolute atomic E-state index is 0.0663. The molecule has 0 saturated carbocycles. The zero-order valence-electron chi connectivity index (χ0n) is 17.6. The van der Waals surface area contributed by atoms with Crippen molar-refractivity contribution < 1.29 is 19.1 Å². The maximum Gasteiger partial charge on any atom is 0.240 e. The molecule has 168 valence electrons. The Bertz CT molecular complexity index is 1040. The van der Waals surface area contributed by atoms with Gasteiger partial charge < -0.3 is 20.1 Å². The molecule has 0 bridgehead atoms. The number of thioether (sulfide) groups is 1. The lowest BCUT2D eigenvalue weighted by atomic mass is 10.1. The van der Waals surface area contributed by atoms with Crippen LogP contribution in [0.5, 0.6) is 11.5 Å². The van der Waals surface area contributed by atoms with Crippen molar-refractivity contribution in [2.24, 2.45) is 10.2 Å². The second kappa shape index (κ2) is 11.7. The number of nitrogens with one attached hydrogen (secondary N) is 2. The van der Waals surface area contributed by atoms with Gasteiger partial charge in [-0.05, 0) is 41.8 Å². The molecule has 0 radical (unpaired) electrons. The Labute approximate surface area is 199 Å². The number of hydrogen-bond donors (Lipinski definition) is 2. The van der Waals surface area contributed by atoms with Gasteiger partial charge in [-0.1, -0.05) is 45.9 Å². The highest BCUT2D eigenvalue weighted by Crippen LogP contribution is 2.27. The molecule has 2 aromatic carbocycles. The fraction of sp³-hybridized carbons (Fsp3) is 0.273. The van der Waals surface area contributed by atoms with Crippen molar-refractivity contribution in [3.8, 4) is 11.5 Å². The van der Waals surface area contributed by atoms with Crippen molar-refractivity contribution >= 4 is 50.9 Å². The summed E-state index contributed by atoms with van der Waals surface area (Å²) in [5, 5.41) is 13.4. The van der Waals surface area contributed by atoms with Crippen LogP contribution >= 0.6 is 27.7 Å². The van der Waals surface area contributed by atoms with E-state index in [9.17, 15) is 9.59 Å². The van der Waals surface area contributed by atoms with Crippen LogP contribution in [0.2, 0.25) is 0 Å². The molecule has 32 heavy (non-hydrogen) atoms. The quantitative estimate of drug-likeness (QED) is 0.392. The average Bonchev–Trinajstić information content (AvgIpc) is 3.12. The van der Waals surface area contributed by atoms with Crippen LogP contribution in [0.15, 0.2) is 57.1 Å². The Hall–Kier alpha value is -2.85. The van der Waals surface area contributed by atoms with Crippen molar-refractivity contribution in [1.82, 2.24) is 10.6 Å². The number of amides is 2. The third-order valence-electron chi connectivity index (χ3n) is 4.54. The van der Waals surface area contributed by atoms with Gasteiger partial charge in [0.25, 0.3) is 0 Å². The van der Waals surface area contributed by atoms with E-state index in [0.29, 0.717) is 29.6 Å². The summed E-state index contributed by atoms with van der Waals surface area (Å²) in [6, 6.07) is 13.2. The summed E-state index contributed by atoms with van der Waals surface area (Å²) in [5.74, 6) is 0.853. The van der Waals surface area contributed by atoms with E-state index in [1.54, 1.807) is 20.4 Å². The van der Waals surface area contributed by atoms with Crippen LogP contribution in [0, 0.1) is 0 Å². The van der Waals surface area contributed by atoms with Gasteiger partial charge in [-0.25, -0.2) is 0 Å². The molecular weight excluding hydrogens is 496 g/mol. The molecule has 1 atom stereocenters. The number of ether oxygens (including phenoxy) is 2. The van der Waals surface area contributed by atoms with Gasteiger partial charge in [-0.3, -0.25) is 9.59 Å². The molecular formula is C22H23BrN4O4S. The fourth-order valence-corrected chi connectivity index (χ4v) is 4.29. The van der Waals surface area contributed by atoms with Crippen LogP contribution in [0.25, 0.3) is 0 Å². The van der Waals surface area contributed by atoms with Gasteiger partial charge in [0.05, 0.1) is 20.4 Å². The summed E-state index contributed by atoms with van der Waals surface area (Å²) in [5.41, 5.74) is 1.89. The third-order valence-corrected chi connectivity index (χ3v) is 6.10. The van der Waals surface area contributed by atoms with Gasteiger partial charge in [-0.15, -0.1) is 5.10 Å². The van der Waals surface area contributed by atoms with Crippen LogP contribution in [0.3, 0.4) is 0 Å². The molecule has 1 aliphatic rings. The van der Waals surface area contributed by atoms with Crippen molar-refractivity contribution in [3.05, 3.63) is 58.1 Å². The van der Waals surface area contributed by atoms with E-state index in [1.807, 2.05) is 42.5 Å². The minimum Gasteiger partial charge on any atom is -0.493 e. The van der Waals surface area contributed by atoms with E-state index in [-0.39, 0.29) is 18.2 Å². The second-order valence-corrected chi connectivity index (χ2v) is 8.90. The first kappa shape index (κ1) is 23.8. The number of methoxy groups -OCH3 is 2. The van der Waals surface area contributed by atoms with Crippen molar-refractivity contribution in [3.63, 3.8) is 0 Å². The molecule has 2 amide bonds.